The molecule has 3 aromatic rings. The summed E-state index contributed by atoms with van der Waals surface area (Å²) in [7, 11) is 0. The van der Waals surface area contributed by atoms with Crippen molar-refractivity contribution in [2.24, 2.45) is 0 Å². The molecule has 0 bridgehead atoms. The van der Waals surface area contributed by atoms with Gasteiger partial charge in [-0.05, 0) is 40.2 Å². The Bertz CT molecular complexity index is 743. The van der Waals surface area contributed by atoms with Crippen molar-refractivity contribution in [3.63, 3.8) is 0 Å². The number of ether oxygens (including phenoxy) is 1. The van der Waals surface area contributed by atoms with Gasteiger partial charge in [0, 0.05) is 10.8 Å². The van der Waals surface area contributed by atoms with Crippen LogP contribution in [0.25, 0.3) is 10.8 Å². The van der Waals surface area contributed by atoms with Crippen LogP contribution in [0.3, 0.4) is 0 Å². The van der Waals surface area contributed by atoms with Crippen LogP contribution in [0.1, 0.15) is 0 Å². The number of aromatic nitrogens is 2. The molecule has 0 fully saturated rings. The molecule has 0 amide bonds. The lowest BCUT2D eigenvalue weighted by atomic mass is 10.2. The number of rotatable bonds is 2. The number of halogens is 2. The summed E-state index contributed by atoms with van der Waals surface area (Å²) in [6.07, 6.45) is 1.67. The number of fused-ring (bicyclic) bond motifs is 1. The first-order chi connectivity index (χ1) is 9.24. The molecular formula is C14H8BrFN2O. The predicted octanol–water partition coefficient (Wildman–Crippen LogP) is 4.32. The fourth-order valence-corrected chi connectivity index (χ4v) is 2.09. The first-order valence-electron chi connectivity index (χ1n) is 5.57. The number of benzene rings is 2. The molecule has 1 heterocycles. The van der Waals surface area contributed by atoms with E-state index < -0.39 is 0 Å². The summed E-state index contributed by atoms with van der Waals surface area (Å²) in [4.78, 5) is 0. The van der Waals surface area contributed by atoms with E-state index in [0.717, 1.165) is 10.8 Å². The van der Waals surface area contributed by atoms with Crippen molar-refractivity contribution in [1.29, 1.82) is 0 Å². The van der Waals surface area contributed by atoms with Crippen molar-refractivity contribution in [1.82, 2.24) is 10.2 Å². The molecular weight excluding hydrogens is 311 g/mol. The van der Waals surface area contributed by atoms with E-state index >= 15 is 0 Å². The topological polar surface area (TPSA) is 35.0 Å². The van der Waals surface area contributed by atoms with E-state index in [4.69, 9.17) is 4.74 Å². The molecule has 0 saturated carbocycles. The third-order valence-electron chi connectivity index (χ3n) is 2.64. The zero-order valence-corrected chi connectivity index (χ0v) is 11.3. The first-order valence-corrected chi connectivity index (χ1v) is 6.37. The van der Waals surface area contributed by atoms with Gasteiger partial charge in [0.2, 0.25) is 5.88 Å². The largest absolute Gasteiger partial charge is 0.437 e. The van der Waals surface area contributed by atoms with E-state index in [1.807, 2.05) is 24.3 Å². The smallest absolute Gasteiger partial charge is 0.246 e. The molecule has 0 spiro atoms. The van der Waals surface area contributed by atoms with Crippen molar-refractivity contribution in [2.45, 2.75) is 0 Å². The SMILES string of the molecule is Fc1ccc(Oc2nncc3ccccc23)cc1Br. The third-order valence-corrected chi connectivity index (χ3v) is 3.25. The van der Waals surface area contributed by atoms with Gasteiger partial charge in [-0.15, -0.1) is 5.10 Å². The molecule has 3 nitrogen and oxygen atoms in total. The van der Waals surface area contributed by atoms with Crippen LogP contribution in [0.15, 0.2) is 53.1 Å². The van der Waals surface area contributed by atoms with Crippen LogP contribution >= 0.6 is 15.9 Å². The average molecular weight is 319 g/mol. The minimum absolute atomic E-state index is 0.337. The van der Waals surface area contributed by atoms with Crippen LogP contribution in [0.2, 0.25) is 0 Å². The standard InChI is InChI=1S/C14H8BrFN2O/c15-12-7-10(5-6-13(12)16)19-14-11-4-2-1-3-9(11)8-17-18-14/h1-8H. The summed E-state index contributed by atoms with van der Waals surface area (Å²) in [6.45, 7) is 0. The predicted molar refractivity (Wildman–Crippen MR) is 73.7 cm³/mol. The van der Waals surface area contributed by atoms with Gasteiger partial charge in [-0.3, -0.25) is 0 Å². The zero-order valence-electron chi connectivity index (χ0n) is 9.68. The molecule has 3 rings (SSSR count). The third kappa shape index (κ3) is 2.42. The highest BCUT2D eigenvalue weighted by molar-refractivity contribution is 9.10. The minimum Gasteiger partial charge on any atom is -0.437 e. The second-order valence-corrected chi connectivity index (χ2v) is 4.77. The van der Waals surface area contributed by atoms with Gasteiger partial charge < -0.3 is 4.74 Å². The molecule has 1 aromatic heterocycles. The highest BCUT2D eigenvalue weighted by Gasteiger charge is 2.07. The highest BCUT2D eigenvalue weighted by atomic mass is 79.9. The quantitative estimate of drug-likeness (QED) is 0.705. The Morgan fingerprint density at radius 3 is 2.79 bits per heavy atom. The van der Waals surface area contributed by atoms with Gasteiger partial charge in [0.15, 0.2) is 0 Å². The Kier molecular flexibility index (Phi) is 3.13. The molecule has 0 aliphatic carbocycles. The molecule has 94 valence electrons. The normalized spacial score (nSPS) is 10.6. The van der Waals surface area contributed by atoms with E-state index in [1.54, 1.807) is 18.3 Å². The molecule has 2 aromatic carbocycles. The molecule has 5 heteroatoms. The first kappa shape index (κ1) is 12.0. The van der Waals surface area contributed by atoms with E-state index in [9.17, 15) is 4.39 Å². The molecule has 19 heavy (non-hydrogen) atoms. The van der Waals surface area contributed by atoms with Crippen molar-refractivity contribution in [3.8, 4) is 11.6 Å². The van der Waals surface area contributed by atoms with Crippen LogP contribution in [-0.4, -0.2) is 10.2 Å². The van der Waals surface area contributed by atoms with Crippen LogP contribution in [0.4, 0.5) is 4.39 Å². The maximum absolute atomic E-state index is 13.2. The number of hydrogen-bond donors (Lipinski definition) is 0. The van der Waals surface area contributed by atoms with Gasteiger partial charge >= 0.3 is 0 Å². The fourth-order valence-electron chi connectivity index (χ4n) is 1.73. The zero-order chi connectivity index (χ0) is 13.2. The Balaban J connectivity index is 2.03. The molecule has 0 radical (unpaired) electrons. The van der Waals surface area contributed by atoms with Crippen molar-refractivity contribution < 1.29 is 9.13 Å². The molecule has 0 saturated heterocycles. The van der Waals surface area contributed by atoms with Crippen LogP contribution in [0, 0.1) is 5.82 Å². The van der Waals surface area contributed by atoms with Crippen molar-refractivity contribution in [2.75, 3.05) is 0 Å². The highest BCUT2D eigenvalue weighted by Crippen LogP contribution is 2.29. The second-order valence-electron chi connectivity index (χ2n) is 3.91. The summed E-state index contributed by atoms with van der Waals surface area (Å²) >= 11 is 3.12. The van der Waals surface area contributed by atoms with Crippen molar-refractivity contribution in [3.05, 3.63) is 59.0 Å². The van der Waals surface area contributed by atoms with Gasteiger partial charge in [0.05, 0.1) is 10.7 Å². The van der Waals surface area contributed by atoms with Gasteiger partial charge in [-0.1, -0.05) is 18.2 Å². The lowest BCUT2D eigenvalue weighted by Crippen LogP contribution is -1.92. The van der Waals surface area contributed by atoms with Crippen LogP contribution in [0.5, 0.6) is 11.6 Å². The lowest BCUT2D eigenvalue weighted by Gasteiger charge is -2.07. The minimum atomic E-state index is -0.337. The Labute approximate surface area is 117 Å². The van der Waals surface area contributed by atoms with Gasteiger partial charge in [0.25, 0.3) is 0 Å². The van der Waals surface area contributed by atoms with E-state index in [1.165, 1.54) is 6.07 Å². The molecule has 0 aliphatic heterocycles. The van der Waals surface area contributed by atoms with E-state index in [0.29, 0.717) is 16.1 Å². The summed E-state index contributed by atoms with van der Waals surface area (Å²) < 4.78 is 19.2. The van der Waals surface area contributed by atoms with E-state index in [-0.39, 0.29) is 5.82 Å². The maximum atomic E-state index is 13.2. The Morgan fingerprint density at radius 2 is 1.95 bits per heavy atom. The van der Waals surface area contributed by atoms with Gasteiger partial charge in [0.1, 0.15) is 11.6 Å². The molecule has 0 aliphatic rings. The average Bonchev–Trinajstić information content (AvgIpc) is 2.43. The van der Waals surface area contributed by atoms with Crippen molar-refractivity contribution >= 4 is 26.7 Å². The van der Waals surface area contributed by atoms with Gasteiger partial charge in [-0.2, -0.15) is 5.10 Å². The Hall–Kier alpha value is -2.01. The maximum Gasteiger partial charge on any atom is 0.246 e. The lowest BCUT2D eigenvalue weighted by molar-refractivity contribution is 0.459. The van der Waals surface area contributed by atoms with Crippen LogP contribution < -0.4 is 4.74 Å². The number of hydrogen-bond acceptors (Lipinski definition) is 3. The summed E-state index contributed by atoms with van der Waals surface area (Å²) in [5, 5.41) is 9.66. The summed E-state index contributed by atoms with van der Waals surface area (Å²) in [6, 6.07) is 12.1. The second kappa shape index (κ2) is 4.93. The Morgan fingerprint density at radius 1 is 1.11 bits per heavy atom. The summed E-state index contributed by atoms with van der Waals surface area (Å²) in [5.74, 6) is 0.562. The molecule has 0 N–H and O–H groups in total. The van der Waals surface area contributed by atoms with E-state index in [2.05, 4.69) is 26.1 Å². The summed E-state index contributed by atoms with van der Waals surface area (Å²) in [5.41, 5.74) is 0. The van der Waals surface area contributed by atoms with Crippen LogP contribution in [-0.2, 0) is 0 Å². The molecule has 0 atom stereocenters. The van der Waals surface area contributed by atoms with Gasteiger partial charge in [-0.25, -0.2) is 4.39 Å². The fraction of sp³-hybridized carbons (Fsp3) is 0. The molecule has 0 unspecified atom stereocenters. The number of nitrogens with zero attached hydrogens (tertiary/aromatic N) is 2. The monoisotopic (exact) mass is 318 g/mol.